The van der Waals surface area contributed by atoms with Crippen molar-refractivity contribution in [3.63, 3.8) is 0 Å². The standard InChI is InChI=1S/C28H39N3O3/c1-7-12-29-25(32)18-28(5)17-24-21(4)26(19(2)20(3)27(24)34-28)31-15-13-30(14-16-31)22-8-10-23(33-6)11-9-22/h8-11H,7,12-18H2,1-6H3,(H,29,32). The van der Waals surface area contributed by atoms with Crippen molar-refractivity contribution in [2.75, 3.05) is 49.6 Å². The van der Waals surface area contributed by atoms with Crippen molar-refractivity contribution in [3.8, 4) is 11.5 Å². The molecule has 1 atom stereocenters. The number of nitrogens with one attached hydrogen (secondary N) is 1. The fourth-order valence-corrected chi connectivity index (χ4v) is 5.40. The van der Waals surface area contributed by atoms with Crippen LogP contribution in [0.5, 0.6) is 11.5 Å². The van der Waals surface area contributed by atoms with Crippen molar-refractivity contribution < 1.29 is 14.3 Å². The molecule has 1 N–H and O–H groups in total. The smallest absolute Gasteiger partial charge is 0.224 e. The summed E-state index contributed by atoms with van der Waals surface area (Å²) >= 11 is 0. The topological polar surface area (TPSA) is 54.0 Å². The maximum absolute atomic E-state index is 12.4. The van der Waals surface area contributed by atoms with Gasteiger partial charge in [0.05, 0.1) is 13.5 Å². The molecule has 184 valence electrons. The summed E-state index contributed by atoms with van der Waals surface area (Å²) in [7, 11) is 1.70. The highest BCUT2D eigenvalue weighted by Crippen LogP contribution is 2.46. The van der Waals surface area contributed by atoms with E-state index in [1.165, 1.54) is 33.6 Å². The third-order valence-electron chi connectivity index (χ3n) is 7.38. The summed E-state index contributed by atoms with van der Waals surface area (Å²) in [4.78, 5) is 17.4. The molecule has 2 aromatic rings. The molecule has 0 aromatic heterocycles. The van der Waals surface area contributed by atoms with Gasteiger partial charge in [0.15, 0.2) is 0 Å². The summed E-state index contributed by atoms with van der Waals surface area (Å²) in [5, 5.41) is 3.00. The molecule has 2 aliphatic heterocycles. The number of carbonyl (C=O) groups is 1. The Morgan fingerprint density at radius 3 is 2.29 bits per heavy atom. The summed E-state index contributed by atoms with van der Waals surface area (Å²) in [6, 6.07) is 8.33. The number of carbonyl (C=O) groups excluding carboxylic acids is 1. The van der Waals surface area contributed by atoms with E-state index in [0.717, 1.165) is 50.5 Å². The SMILES string of the molecule is CCCNC(=O)CC1(C)Cc2c(C)c(N3CCN(c4ccc(OC)cc4)CC3)c(C)c(C)c2O1. The van der Waals surface area contributed by atoms with Gasteiger partial charge in [-0.15, -0.1) is 0 Å². The third-order valence-corrected chi connectivity index (χ3v) is 7.38. The zero-order valence-corrected chi connectivity index (χ0v) is 21.6. The second kappa shape index (κ2) is 9.77. The fourth-order valence-electron chi connectivity index (χ4n) is 5.40. The monoisotopic (exact) mass is 465 g/mol. The molecule has 2 aromatic carbocycles. The zero-order chi connectivity index (χ0) is 24.5. The summed E-state index contributed by atoms with van der Waals surface area (Å²) in [5.41, 5.74) is 7.14. The van der Waals surface area contributed by atoms with E-state index >= 15 is 0 Å². The van der Waals surface area contributed by atoms with Crippen LogP contribution in [0.4, 0.5) is 11.4 Å². The molecule has 1 amide bonds. The van der Waals surface area contributed by atoms with Gasteiger partial charge in [-0.2, -0.15) is 0 Å². The maximum atomic E-state index is 12.4. The Kier molecular flexibility index (Phi) is 6.96. The van der Waals surface area contributed by atoms with Crippen molar-refractivity contribution in [2.24, 2.45) is 0 Å². The zero-order valence-electron chi connectivity index (χ0n) is 21.6. The molecule has 6 nitrogen and oxygen atoms in total. The average Bonchev–Trinajstić information content (AvgIpc) is 3.19. The number of piperazine rings is 1. The van der Waals surface area contributed by atoms with Crippen molar-refractivity contribution in [1.82, 2.24) is 5.32 Å². The predicted octanol–water partition coefficient (Wildman–Crippen LogP) is 4.56. The van der Waals surface area contributed by atoms with Crippen LogP contribution in [0.15, 0.2) is 24.3 Å². The van der Waals surface area contributed by atoms with Gasteiger partial charge in [-0.25, -0.2) is 0 Å². The molecule has 2 aliphatic rings. The number of anilines is 2. The lowest BCUT2D eigenvalue weighted by atomic mass is 9.89. The van der Waals surface area contributed by atoms with Crippen molar-refractivity contribution in [3.05, 3.63) is 46.5 Å². The van der Waals surface area contributed by atoms with Crippen molar-refractivity contribution in [2.45, 2.75) is 59.5 Å². The predicted molar refractivity (Wildman–Crippen MR) is 139 cm³/mol. The first-order chi connectivity index (χ1) is 16.3. The van der Waals surface area contributed by atoms with Crippen LogP contribution in [0.25, 0.3) is 0 Å². The van der Waals surface area contributed by atoms with Gasteiger partial charge < -0.3 is 24.6 Å². The van der Waals surface area contributed by atoms with Crippen LogP contribution in [0.1, 0.15) is 48.9 Å². The van der Waals surface area contributed by atoms with Gasteiger partial charge in [0.1, 0.15) is 17.1 Å². The Balaban J connectivity index is 1.51. The van der Waals surface area contributed by atoms with Crippen LogP contribution in [0.2, 0.25) is 0 Å². The number of hydrogen-bond donors (Lipinski definition) is 1. The Hall–Kier alpha value is -2.89. The number of ether oxygens (including phenoxy) is 2. The molecule has 1 saturated heterocycles. The Morgan fingerprint density at radius 1 is 1.03 bits per heavy atom. The molecule has 34 heavy (non-hydrogen) atoms. The summed E-state index contributed by atoms with van der Waals surface area (Å²) in [5.74, 6) is 1.94. The van der Waals surface area contributed by atoms with E-state index in [1.807, 2.05) is 12.1 Å². The minimum absolute atomic E-state index is 0.0686. The first-order valence-electron chi connectivity index (χ1n) is 12.5. The normalized spacial score (nSPS) is 19.6. The fraction of sp³-hybridized carbons (Fsp3) is 0.536. The minimum Gasteiger partial charge on any atom is -0.497 e. The molecule has 4 rings (SSSR count). The first-order valence-corrected chi connectivity index (χ1v) is 12.5. The maximum Gasteiger partial charge on any atom is 0.224 e. The lowest BCUT2D eigenvalue weighted by Gasteiger charge is -2.39. The molecular formula is C28H39N3O3. The quantitative estimate of drug-likeness (QED) is 0.650. The Labute approximate surface area is 204 Å². The van der Waals surface area contributed by atoms with Gasteiger partial charge >= 0.3 is 0 Å². The van der Waals surface area contributed by atoms with Crippen molar-refractivity contribution in [1.29, 1.82) is 0 Å². The molecule has 0 aliphatic carbocycles. The molecule has 0 bridgehead atoms. The van der Waals surface area contributed by atoms with Gasteiger partial charge in [-0.3, -0.25) is 4.79 Å². The van der Waals surface area contributed by atoms with E-state index in [2.05, 4.69) is 61.9 Å². The average molecular weight is 466 g/mol. The summed E-state index contributed by atoms with van der Waals surface area (Å²) in [6.45, 7) is 15.4. The van der Waals surface area contributed by atoms with E-state index in [9.17, 15) is 4.79 Å². The number of methoxy groups -OCH3 is 1. The molecular weight excluding hydrogens is 426 g/mol. The van der Waals surface area contributed by atoms with Gasteiger partial charge in [-0.05, 0) is 75.1 Å². The lowest BCUT2D eigenvalue weighted by molar-refractivity contribution is -0.124. The van der Waals surface area contributed by atoms with Crippen LogP contribution in [0, 0.1) is 20.8 Å². The molecule has 0 spiro atoms. The second-order valence-electron chi connectivity index (χ2n) is 9.96. The molecule has 1 unspecified atom stereocenters. The number of benzene rings is 2. The van der Waals surface area contributed by atoms with E-state index in [-0.39, 0.29) is 5.91 Å². The highest BCUT2D eigenvalue weighted by atomic mass is 16.5. The number of nitrogens with zero attached hydrogens (tertiary/aromatic N) is 2. The molecule has 6 heteroatoms. The third kappa shape index (κ3) is 4.68. The second-order valence-corrected chi connectivity index (χ2v) is 9.96. The number of amides is 1. The summed E-state index contributed by atoms with van der Waals surface area (Å²) < 4.78 is 11.8. The largest absolute Gasteiger partial charge is 0.497 e. The molecule has 0 radical (unpaired) electrons. The van der Waals surface area contributed by atoms with E-state index < -0.39 is 5.60 Å². The lowest BCUT2D eigenvalue weighted by Crippen LogP contribution is -2.47. The van der Waals surface area contributed by atoms with Crippen molar-refractivity contribution >= 4 is 17.3 Å². The van der Waals surface area contributed by atoms with Gasteiger partial charge in [-0.1, -0.05) is 6.92 Å². The van der Waals surface area contributed by atoms with Gasteiger partial charge in [0.25, 0.3) is 0 Å². The van der Waals surface area contributed by atoms with E-state index in [1.54, 1.807) is 7.11 Å². The van der Waals surface area contributed by atoms with Crippen LogP contribution in [0.3, 0.4) is 0 Å². The van der Waals surface area contributed by atoms with Crippen LogP contribution in [-0.4, -0.2) is 51.3 Å². The van der Waals surface area contributed by atoms with Crippen LogP contribution in [-0.2, 0) is 11.2 Å². The van der Waals surface area contributed by atoms with Gasteiger partial charge in [0.2, 0.25) is 5.91 Å². The number of fused-ring (bicyclic) bond motifs is 1. The minimum atomic E-state index is -0.492. The van der Waals surface area contributed by atoms with E-state index in [4.69, 9.17) is 9.47 Å². The van der Waals surface area contributed by atoms with E-state index in [0.29, 0.717) is 13.0 Å². The van der Waals surface area contributed by atoms with Crippen LogP contribution < -0.4 is 24.6 Å². The van der Waals surface area contributed by atoms with Gasteiger partial charge in [0, 0.05) is 56.1 Å². The van der Waals surface area contributed by atoms with Crippen LogP contribution >= 0.6 is 0 Å². The Bertz CT molecular complexity index is 1040. The first kappa shape index (κ1) is 24.2. The highest BCUT2D eigenvalue weighted by molar-refractivity contribution is 5.78. The molecule has 2 heterocycles. The number of rotatable bonds is 7. The molecule has 1 fully saturated rings. The Morgan fingerprint density at radius 2 is 1.68 bits per heavy atom. The summed E-state index contributed by atoms with van der Waals surface area (Å²) in [6.07, 6.45) is 2.10. The highest BCUT2D eigenvalue weighted by Gasteiger charge is 2.40. The molecule has 0 saturated carbocycles. The number of hydrogen-bond acceptors (Lipinski definition) is 5.